The number of rotatable bonds is 6. The first-order valence-corrected chi connectivity index (χ1v) is 6.04. The summed E-state index contributed by atoms with van der Waals surface area (Å²) < 4.78 is 5.62. The monoisotopic (exact) mass is 242 g/mol. The topological polar surface area (TPSA) is 29.5 Å². The minimum Gasteiger partial charge on any atom is -0.492 e. The summed E-state index contributed by atoms with van der Waals surface area (Å²) in [5.74, 6) is 1.31. The Kier molecular flexibility index (Phi) is 5.64. The van der Waals surface area contributed by atoms with Crippen LogP contribution in [-0.2, 0) is 6.61 Å². The SMILES string of the molecule is CC(C)CCCOc1c(Cl)cccc1CO. The van der Waals surface area contributed by atoms with Gasteiger partial charge in [-0.1, -0.05) is 37.6 Å². The van der Waals surface area contributed by atoms with E-state index in [2.05, 4.69) is 13.8 Å². The van der Waals surface area contributed by atoms with Gasteiger partial charge >= 0.3 is 0 Å². The minimum atomic E-state index is -0.0416. The van der Waals surface area contributed by atoms with Gasteiger partial charge in [0.2, 0.25) is 0 Å². The van der Waals surface area contributed by atoms with E-state index in [0.717, 1.165) is 18.4 Å². The van der Waals surface area contributed by atoms with Gasteiger partial charge in [-0.2, -0.15) is 0 Å². The molecule has 0 saturated carbocycles. The van der Waals surface area contributed by atoms with E-state index in [1.165, 1.54) is 0 Å². The summed E-state index contributed by atoms with van der Waals surface area (Å²) >= 11 is 6.01. The van der Waals surface area contributed by atoms with E-state index in [1.54, 1.807) is 6.07 Å². The zero-order chi connectivity index (χ0) is 12.0. The zero-order valence-electron chi connectivity index (χ0n) is 9.87. The first-order chi connectivity index (χ1) is 7.65. The predicted molar refractivity (Wildman–Crippen MR) is 66.9 cm³/mol. The molecule has 0 spiro atoms. The van der Waals surface area contributed by atoms with Crippen molar-refractivity contribution in [2.75, 3.05) is 6.61 Å². The minimum absolute atomic E-state index is 0.0416. The van der Waals surface area contributed by atoms with Gasteiger partial charge in [-0.25, -0.2) is 0 Å². The second-order valence-corrected chi connectivity index (χ2v) is 4.68. The van der Waals surface area contributed by atoms with Crippen LogP contribution in [0.3, 0.4) is 0 Å². The Morgan fingerprint density at radius 1 is 1.38 bits per heavy atom. The lowest BCUT2D eigenvalue weighted by molar-refractivity contribution is 0.258. The van der Waals surface area contributed by atoms with Crippen molar-refractivity contribution >= 4 is 11.6 Å². The lowest BCUT2D eigenvalue weighted by atomic mass is 10.1. The summed E-state index contributed by atoms with van der Waals surface area (Å²) in [6.07, 6.45) is 2.15. The van der Waals surface area contributed by atoms with Crippen LogP contribution in [0.4, 0.5) is 0 Å². The van der Waals surface area contributed by atoms with E-state index in [0.29, 0.717) is 23.3 Å². The molecule has 0 aliphatic heterocycles. The predicted octanol–water partition coefficient (Wildman–Crippen LogP) is 3.65. The zero-order valence-corrected chi connectivity index (χ0v) is 10.6. The molecule has 0 bridgehead atoms. The quantitative estimate of drug-likeness (QED) is 0.772. The lowest BCUT2D eigenvalue weighted by Gasteiger charge is -2.12. The summed E-state index contributed by atoms with van der Waals surface area (Å²) in [6, 6.07) is 5.41. The lowest BCUT2D eigenvalue weighted by Crippen LogP contribution is -2.02. The third kappa shape index (κ3) is 4.03. The first kappa shape index (κ1) is 13.3. The van der Waals surface area contributed by atoms with E-state index >= 15 is 0 Å². The van der Waals surface area contributed by atoms with E-state index < -0.39 is 0 Å². The molecule has 0 aromatic heterocycles. The Labute approximate surface area is 102 Å². The van der Waals surface area contributed by atoms with Gasteiger partial charge in [-0.05, 0) is 24.8 Å². The third-order valence-corrected chi connectivity index (χ3v) is 2.69. The Hall–Kier alpha value is -0.730. The smallest absolute Gasteiger partial charge is 0.143 e. The van der Waals surface area contributed by atoms with Gasteiger partial charge in [-0.15, -0.1) is 0 Å². The van der Waals surface area contributed by atoms with Gasteiger partial charge in [0, 0.05) is 5.56 Å². The molecule has 0 amide bonds. The van der Waals surface area contributed by atoms with Crippen LogP contribution in [0.15, 0.2) is 18.2 Å². The van der Waals surface area contributed by atoms with Crippen LogP contribution in [0.5, 0.6) is 5.75 Å². The molecule has 0 atom stereocenters. The Morgan fingerprint density at radius 3 is 2.75 bits per heavy atom. The van der Waals surface area contributed by atoms with Crippen molar-refractivity contribution in [1.29, 1.82) is 0 Å². The first-order valence-electron chi connectivity index (χ1n) is 5.66. The fourth-order valence-corrected chi connectivity index (χ4v) is 1.75. The highest BCUT2D eigenvalue weighted by atomic mass is 35.5. The molecule has 16 heavy (non-hydrogen) atoms. The second kappa shape index (κ2) is 6.77. The van der Waals surface area contributed by atoms with Crippen molar-refractivity contribution < 1.29 is 9.84 Å². The molecule has 0 heterocycles. The molecular formula is C13H19ClO2. The van der Waals surface area contributed by atoms with Crippen LogP contribution in [0.1, 0.15) is 32.3 Å². The number of ether oxygens (including phenoxy) is 1. The second-order valence-electron chi connectivity index (χ2n) is 4.27. The fraction of sp³-hybridized carbons (Fsp3) is 0.538. The number of para-hydroxylation sites is 1. The molecule has 0 aliphatic rings. The molecule has 0 aliphatic carbocycles. The van der Waals surface area contributed by atoms with E-state index in [-0.39, 0.29) is 6.61 Å². The van der Waals surface area contributed by atoms with Crippen molar-refractivity contribution in [1.82, 2.24) is 0 Å². The van der Waals surface area contributed by atoms with E-state index in [9.17, 15) is 0 Å². The molecule has 1 aromatic carbocycles. The van der Waals surface area contributed by atoms with Crippen molar-refractivity contribution in [2.24, 2.45) is 5.92 Å². The van der Waals surface area contributed by atoms with E-state index in [1.807, 2.05) is 12.1 Å². The highest BCUT2D eigenvalue weighted by Crippen LogP contribution is 2.28. The molecular weight excluding hydrogens is 224 g/mol. The Bertz CT molecular complexity index is 324. The highest BCUT2D eigenvalue weighted by Gasteiger charge is 2.07. The summed E-state index contributed by atoms with van der Waals surface area (Å²) in [5, 5.41) is 9.71. The average Bonchev–Trinajstić information content (AvgIpc) is 2.25. The van der Waals surface area contributed by atoms with Crippen LogP contribution >= 0.6 is 11.6 Å². The fourth-order valence-electron chi connectivity index (χ4n) is 1.51. The molecule has 3 heteroatoms. The van der Waals surface area contributed by atoms with Gasteiger partial charge in [0.15, 0.2) is 0 Å². The van der Waals surface area contributed by atoms with E-state index in [4.69, 9.17) is 21.4 Å². The summed E-state index contributed by atoms with van der Waals surface area (Å²) in [7, 11) is 0. The van der Waals surface area contributed by atoms with Crippen molar-refractivity contribution in [3.8, 4) is 5.75 Å². The largest absolute Gasteiger partial charge is 0.492 e. The van der Waals surface area contributed by atoms with Crippen molar-refractivity contribution in [2.45, 2.75) is 33.3 Å². The summed E-state index contributed by atoms with van der Waals surface area (Å²) in [6.45, 7) is 4.98. The van der Waals surface area contributed by atoms with Crippen molar-refractivity contribution in [3.05, 3.63) is 28.8 Å². The average molecular weight is 243 g/mol. The molecule has 90 valence electrons. The van der Waals surface area contributed by atoms with Crippen LogP contribution in [-0.4, -0.2) is 11.7 Å². The number of aliphatic hydroxyl groups is 1. The molecule has 1 rings (SSSR count). The molecule has 0 unspecified atom stereocenters. The number of benzene rings is 1. The number of halogens is 1. The van der Waals surface area contributed by atoms with Crippen LogP contribution in [0.25, 0.3) is 0 Å². The van der Waals surface area contributed by atoms with Gasteiger partial charge in [0.1, 0.15) is 5.75 Å². The highest BCUT2D eigenvalue weighted by molar-refractivity contribution is 6.32. The maximum Gasteiger partial charge on any atom is 0.143 e. The Balaban J connectivity index is 2.52. The summed E-state index contributed by atoms with van der Waals surface area (Å²) in [4.78, 5) is 0. The Morgan fingerprint density at radius 2 is 2.12 bits per heavy atom. The maximum atomic E-state index is 9.15. The molecule has 1 aromatic rings. The molecule has 0 radical (unpaired) electrons. The molecule has 2 nitrogen and oxygen atoms in total. The van der Waals surface area contributed by atoms with Gasteiger partial charge in [0.25, 0.3) is 0 Å². The molecule has 0 fully saturated rings. The van der Waals surface area contributed by atoms with Gasteiger partial charge in [0.05, 0.1) is 18.2 Å². The normalized spacial score (nSPS) is 10.8. The number of hydrogen-bond donors (Lipinski definition) is 1. The number of hydrogen-bond acceptors (Lipinski definition) is 2. The van der Waals surface area contributed by atoms with Gasteiger partial charge < -0.3 is 9.84 Å². The van der Waals surface area contributed by atoms with Crippen LogP contribution < -0.4 is 4.74 Å². The number of aliphatic hydroxyl groups excluding tert-OH is 1. The summed E-state index contributed by atoms with van der Waals surface area (Å²) in [5.41, 5.74) is 0.747. The standard InChI is InChI=1S/C13H19ClO2/c1-10(2)5-4-8-16-13-11(9-15)6-3-7-12(13)14/h3,6-7,10,15H,4-5,8-9H2,1-2H3. The van der Waals surface area contributed by atoms with Crippen LogP contribution in [0, 0.1) is 5.92 Å². The molecule has 1 N–H and O–H groups in total. The van der Waals surface area contributed by atoms with Gasteiger partial charge in [-0.3, -0.25) is 0 Å². The maximum absolute atomic E-state index is 9.15. The van der Waals surface area contributed by atoms with Crippen LogP contribution in [0.2, 0.25) is 5.02 Å². The van der Waals surface area contributed by atoms with Crippen molar-refractivity contribution in [3.63, 3.8) is 0 Å². The third-order valence-electron chi connectivity index (χ3n) is 2.39. The molecule has 0 saturated heterocycles.